The molecule has 2 atom stereocenters. The van der Waals surface area contributed by atoms with E-state index >= 15 is 0 Å². The van der Waals surface area contributed by atoms with Gasteiger partial charge in [0.2, 0.25) is 0 Å². The van der Waals surface area contributed by atoms with E-state index in [4.69, 9.17) is 14.3 Å². The zero-order valence-electron chi connectivity index (χ0n) is 12.5. The largest absolute Gasteiger partial charge is 0.481 e. The number of carboxylic acids is 1. The molecule has 0 bridgehead atoms. The number of carboxylic acid groups (broad SMARTS) is 1. The average molecular weight is 297 g/mol. The Labute approximate surface area is 124 Å². The van der Waals surface area contributed by atoms with Crippen LogP contribution in [-0.4, -0.2) is 36.6 Å². The van der Waals surface area contributed by atoms with Crippen molar-refractivity contribution in [1.82, 2.24) is 5.48 Å². The molecule has 1 fully saturated rings. The molecular weight excluding hydrogens is 274 g/mol. The van der Waals surface area contributed by atoms with Crippen LogP contribution >= 0.6 is 0 Å². The minimum Gasteiger partial charge on any atom is -0.481 e. The van der Waals surface area contributed by atoms with Gasteiger partial charge in [-0.05, 0) is 18.4 Å². The lowest BCUT2D eigenvalue weighted by molar-refractivity contribution is -0.143. The maximum atomic E-state index is 11.3. The maximum absolute atomic E-state index is 11.3. The smallest absolute Gasteiger partial charge is 0.314 e. The molecule has 2 N–H and O–H groups in total. The first-order valence-corrected chi connectivity index (χ1v) is 7.26. The van der Waals surface area contributed by atoms with Crippen molar-refractivity contribution in [3.63, 3.8) is 0 Å². The quantitative estimate of drug-likeness (QED) is 0.698. The van der Waals surface area contributed by atoms with Crippen LogP contribution in [0.25, 0.3) is 0 Å². The fourth-order valence-corrected chi connectivity index (χ4v) is 2.50. The Morgan fingerprint density at radius 3 is 2.71 bits per heavy atom. The summed E-state index contributed by atoms with van der Waals surface area (Å²) >= 11 is 0. The molecule has 0 amide bonds. The summed E-state index contributed by atoms with van der Waals surface area (Å²) < 4.78 is 10.8. The van der Waals surface area contributed by atoms with E-state index < -0.39 is 11.9 Å². The SMILES string of the molecule is C=C(CCC1OCCO1)C1C=C(C(C(=O)O)C(C)C)ON1. The van der Waals surface area contributed by atoms with Crippen LogP contribution in [0, 0.1) is 11.8 Å². The summed E-state index contributed by atoms with van der Waals surface area (Å²) in [6, 6.07) is -0.165. The van der Waals surface area contributed by atoms with E-state index in [1.165, 1.54) is 0 Å². The second-order valence-electron chi connectivity index (χ2n) is 5.69. The predicted octanol–water partition coefficient (Wildman–Crippen LogP) is 1.84. The fourth-order valence-electron chi connectivity index (χ4n) is 2.50. The third kappa shape index (κ3) is 4.06. The number of hydrogen-bond acceptors (Lipinski definition) is 5. The molecule has 0 aromatic rings. The summed E-state index contributed by atoms with van der Waals surface area (Å²) in [5.74, 6) is -1.10. The number of rotatable bonds is 7. The van der Waals surface area contributed by atoms with Crippen molar-refractivity contribution in [3.05, 3.63) is 24.0 Å². The van der Waals surface area contributed by atoms with Gasteiger partial charge < -0.3 is 19.4 Å². The van der Waals surface area contributed by atoms with Crippen LogP contribution < -0.4 is 5.48 Å². The van der Waals surface area contributed by atoms with E-state index in [9.17, 15) is 9.90 Å². The summed E-state index contributed by atoms with van der Waals surface area (Å²) in [4.78, 5) is 16.7. The van der Waals surface area contributed by atoms with Gasteiger partial charge in [0.15, 0.2) is 6.29 Å². The van der Waals surface area contributed by atoms with Gasteiger partial charge in [0.05, 0.1) is 19.3 Å². The summed E-state index contributed by atoms with van der Waals surface area (Å²) in [6.45, 7) is 9.04. The van der Waals surface area contributed by atoms with E-state index in [1.54, 1.807) is 6.08 Å². The molecule has 6 nitrogen and oxygen atoms in total. The highest BCUT2D eigenvalue weighted by Crippen LogP contribution is 2.27. The number of ether oxygens (including phenoxy) is 2. The molecule has 2 aliphatic rings. The number of hydrogen-bond donors (Lipinski definition) is 2. The van der Waals surface area contributed by atoms with E-state index in [0.29, 0.717) is 19.0 Å². The van der Waals surface area contributed by atoms with Gasteiger partial charge in [-0.25, -0.2) is 0 Å². The Bertz CT molecular complexity index is 426. The minimum absolute atomic E-state index is 0.0390. The molecular formula is C15H23NO5. The van der Waals surface area contributed by atoms with Crippen LogP contribution in [0.1, 0.15) is 26.7 Å². The summed E-state index contributed by atoms with van der Waals surface area (Å²) in [5.41, 5.74) is 3.76. The molecule has 118 valence electrons. The second kappa shape index (κ2) is 7.06. The van der Waals surface area contributed by atoms with Crippen molar-refractivity contribution < 1.29 is 24.2 Å². The van der Waals surface area contributed by atoms with Crippen molar-refractivity contribution in [2.24, 2.45) is 11.8 Å². The highest BCUT2D eigenvalue weighted by atomic mass is 16.7. The molecule has 0 saturated carbocycles. The molecule has 0 aromatic carbocycles. The van der Waals surface area contributed by atoms with Gasteiger partial charge in [0.1, 0.15) is 11.7 Å². The third-order valence-corrected chi connectivity index (χ3v) is 3.71. The molecule has 0 aromatic heterocycles. The lowest BCUT2D eigenvalue weighted by atomic mass is 9.92. The predicted molar refractivity (Wildman–Crippen MR) is 76.1 cm³/mol. The molecule has 21 heavy (non-hydrogen) atoms. The standard InChI is InChI=1S/C15H23NO5/c1-9(2)14(15(17)18)12-8-11(16-21-12)10(3)4-5-13-19-6-7-20-13/h8-9,11,13-14,16H,3-7H2,1-2H3,(H,17,18). The van der Waals surface area contributed by atoms with E-state index in [1.807, 2.05) is 13.8 Å². The molecule has 2 rings (SSSR count). The monoisotopic (exact) mass is 297 g/mol. The molecule has 1 saturated heterocycles. The Hall–Kier alpha value is -1.37. The minimum atomic E-state index is -0.878. The molecule has 6 heteroatoms. The lowest BCUT2D eigenvalue weighted by Crippen LogP contribution is -2.25. The third-order valence-electron chi connectivity index (χ3n) is 3.71. The number of carbonyl (C=O) groups is 1. The van der Waals surface area contributed by atoms with Gasteiger partial charge >= 0.3 is 5.97 Å². The van der Waals surface area contributed by atoms with Crippen molar-refractivity contribution in [2.75, 3.05) is 13.2 Å². The van der Waals surface area contributed by atoms with Crippen LogP contribution in [0.15, 0.2) is 24.0 Å². The van der Waals surface area contributed by atoms with Crippen LogP contribution in [0.5, 0.6) is 0 Å². The first-order valence-electron chi connectivity index (χ1n) is 7.26. The van der Waals surface area contributed by atoms with Crippen LogP contribution in [0.2, 0.25) is 0 Å². The van der Waals surface area contributed by atoms with Crippen molar-refractivity contribution >= 4 is 5.97 Å². The molecule has 2 unspecified atom stereocenters. The van der Waals surface area contributed by atoms with Gasteiger partial charge in [0.25, 0.3) is 0 Å². The van der Waals surface area contributed by atoms with Crippen LogP contribution in [0.3, 0.4) is 0 Å². The van der Waals surface area contributed by atoms with Gasteiger partial charge in [0, 0.05) is 6.42 Å². The Morgan fingerprint density at radius 2 is 2.14 bits per heavy atom. The molecule has 0 aliphatic carbocycles. The number of hydroxylamine groups is 1. The number of aliphatic carboxylic acids is 1. The molecule has 2 aliphatic heterocycles. The molecule has 0 radical (unpaired) electrons. The first kappa shape index (κ1) is 16.0. The van der Waals surface area contributed by atoms with E-state index in [2.05, 4.69) is 12.1 Å². The highest BCUT2D eigenvalue weighted by molar-refractivity contribution is 5.73. The maximum Gasteiger partial charge on any atom is 0.314 e. The fraction of sp³-hybridized carbons (Fsp3) is 0.667. The topological polar surface area (TPSA) is 77.0 Å². The highest BCUT2D eigenvalue weighted by Gasteiger charge is 2.33. The van der Waals surface area contributed by atoms with Crippen molar-refractivity contribution in [3.8, 4) is 0 Å². The van der Waals surface area contributed by atoms with Gasteiger partial charge in [-0.1, -0.05) is 26.0 Å². The van der Waals surface area contributed by atoms with Crippen LogP contribution in [0.4, 0.5) is 0 Å². The van der Waals surface area contributed by atoms with Crippen LogP contribution in [-0.2, 0) is 19.1 Å². The summed E-state index contributed by atoms with van der Waals surface area (Å²) in [7, 11) is 0. The van der Waals surface area contributed by atoms with Crippen molar-refractivity contribution in [1.29, 1.82) is 0 Å². The van der Waals surface area contributed by atoms with Gasteiger partial charge in [-0.3, -0.25) is 4.79 Å². The van der Waals surface area contributed by atoms with E-state index in [-0.39, 0.29) is 18.2 Å². The zero-order valence-corrected chi connectivity index (χ0v) is 12.5. The normalized spacial score (nSPS) is 24.0. The average Bonchev–Trinajstić information content (AvgIpc) is 3.06. The van der Waals surface area contributed by atoms with Gasteiger partial charge in [-0.15, -0.1) is 5.48 Å². The zero-order chi connectivity index (χ0) is 15.4. The lowest BCUT2D eigenvalue weighted by Gasteiger charge is -2.16. The summed E-state index contributed by atoms with van der Waals surface area (Å²) in [5, 5.41) is 9.27. The Morgan fingerprint density at radius 1 is 1.48 bits per heavy atom. The number of nitrogens with one attached hydrogen (secondary N) is 1. The Kier molecular flexibility index (Phi) is 5.39. The first-order chi connectivity index (χ1) is 9.99. The Balaban J connectivity index is 1.89. The van der Waals surface area contributed by atoms with Gasteiger partial charge in [-0.2, -0.15) is 0 Å². The molecule has 2 heterocycles. The molecule has 0 spiro atoms. The summed E-state index contributed by atoms with van der Waals surface area (Å²) in [6.07, 6.45) is 3.12. The second-order valence-corrected chi connectivity index (χ2v) is 5.69. The van der Waals surface area contributed by atoms with E-state index in [0.717, 1.165) is 18.4 Å². The van der Waals surface area contributed by atoms with Crippen molar-refractivity contribution in [2.45, 2.75) is 39.0 Å².